The topological polar surface area (TPSA) is 126 Å². The third-order valence-corrected chi connectivity index (χ3v) is 6.57. The second-order valence-electron chi connectivity index (χ2n) is 9.05. The number of aryl methyl sites for hydroxylation is 1. The van der Waals surface area contributed by atoms with E-state index in [4.69, 9.17) is 26.8 Å². The number of nitrogens with one attached hydrogen (secondary N) is 2. The Morgan fingerprint density at radius 2 is 2.18 bits per heavy atom. The van der Waals surface area contributed by atoms with Crippen LogP contribution in [0.3, 0.4) is 0 Å². The minimum atomic E-state index is -0.779. The number of amides is 3. The number of hydrogen-bond donors (Lipinski definition) is 4. The summed E-state index contributed by atoms with van der Waals surface area (Å²) in [5.74, 6) is 0.525. The van der Waals surface area contributed by atoms with Gasteiger partial charge in [0.05, 0.1) is 6.61 Å². The highest BCUT2D eigenvalue weighted by atomic mass is 35.5. The molecule has 1 fully saturated rings. The molecule has 0 bridgehead atoms. The summed E-state index contributed by atoms with van der Waals surface area (Å²) in [6.07, 6.45) is 4.21. The third-order valence-electron chi connectivity index (χ3n) is 6.34. The maximum atomic E-state index is 12.6. The molecular weight excluding hydrogens is 460 g/mol. The van der Waals surface area contributed by atoms with Gasteiger partial charge in [-0.3, -0.25) is 0 Å². The van der Waals surface area contributed by atoms with Crippen LogP contribution >= 0.6 is 11.6 Å². The smallest absolute Gasteiger partial charge is 0.404 e. The van der Waals surface area contributed by atoms with Gasteiger partial charge in [-0.1, -0.05) is 17.7 Å². The van der Waals surface area contributed by atoms with Gasteiger partial charge in [0, 0.05) is 44.4 Å². The van der Waals surface area contributed by atoms with Gasteiger partial charge in [-0.2, -0.15) is 0 Å². The highest BCUT2D eigenvalue weighted by Gasteiger charge is 2.21. The monoisotopic (exact) mass is 498 g/mol. The van der Waals surface area contributed by atoms with Crippen LogP contribution in [-0.4, -0.2) is 68.2 Å². The second-order valence-corrected chi connectivity index (χ2v) is 9.49. The van der Waals surface area contributed by atoms with E-state index in [-0.39, 0.29) is 24.6 Å². The highest BCUT2D eigenvalue weighted by molar-refractivity contribution is 6.30. The molecule has 0 aromatic heterocycles. The number of benzene rings is 1. The van der Waals surface area contributed by atoms with Crippen LogP contribution < -0.4 is 16.5 Å². The van der Waals surface area contributed by atoms with Crippen molar-refractivity contribution in [2.45, 2.75) is 57.4 Å². The Labute approximate surface area is 207 Å². The van der Waals surface area contributed by atoms with E-state index in [1.807, 2.05) is 25.1 Å². The van der Waals surface area contributed by atoms with Crippen molar-refractivity contribution in [3.63, 3.8) is 0 Å². The fourth-order valence-electron chi connectivity index (χ4n) is 4.38. The summed E-state index contributed by atoms with van der Waals surface area (Å²) in [6, 6.07) is 5.39. The Morgan fingerprint density at radius 1 is 1.38 bits per heavy atom. The Kier molecular flexibility index (Phi) is 12.5. The van der Waals surface area contributed by atoms with Crippen LogP contribution in [0.25, 0.3) is 0 Å². The fraction of sp³-hybridized carbons (Fsp3) is 0.667. The number of ether oxygens (including phenoxy) is 2. The quantitative estimate of drug-likeness (QED) is 0.242. The number of halogens is 1. The molecule has 9 nitrogen and oxygen atoms in total. The number of nitrogens with two attached hydrogens (primary N) is 1. The van der Waals surface area contributed by atoms with E-state index in [0.717, 1.165) is 49.8 Å². The van der Waals surface area contributed by atoms with Crippen molar-refractivity contribution in [1.29, 1.82) is 0 Å². The first kappa shape index (κ1) is 28.2. The molecule has 0 aliphatic carbocycles. The molecule has 34 heavy (non-hydrogen) atoms. The van der Waals surface area contributed by atoms with Gasteiger partial charge in [-0.15, -0.1) is 0 Å². The van der Waals surface area contributed by atoms with Gasteiger partial charge in [-0.05, 0) is 80.5 Å². The van der Waals surface area contributed by atoms with E-state index in [1.54, 1.807) is 11.9 Å². The number of rotatable bonds is 13. The van der Waals surface area contributed by atoms with Crippen LogP contribution in [0.4, 0.5) is 9.59 Å². The molecule has 0 spiro atoms. The van der Waals surface area contributed by atoms with Crippen molar-refractivity contribution in [1.82, 2.24) is 15.7 Å². The van der Waals surface area contributed by atoms with E-state index in [1.165, 1.54) is 0 Å². The lowest BCUT2D eigenvalue weighted by Crippen LogP contribution is -2.45. The van der Waals surface area contributed by atoms with Crippen molar-refractivity contribution >= 4 is 23.7 Å². The number of hydroxylamine groups is 1. The first-order valence-electron chi connectivity index (χ1n) is 11.9. The van der Waals surface area contributed by atoms with Gasteiger partial charge >= 0.3 is 12.1 Å². The molecule has 0 radical (unpaired) electrons. The zero-order valence-corrected chi connectivity index (χ0v) is 21.0. The molecule has 1 saturated heterocycles. The predicted octanol–water partition coefficient (Wildman–Crippen LogP) is 3.80. The number of urea groups is 1. The maximum Gasteiger partial charge on any atom is 0.404 e. The van der Waals surface area contributed by atoms with Gasteiger partial charge in [0.1, 0.15) is 0 Å². The van der Waals surface area contributed by atoms with E-state index in [9.17, 15) is 14.8 Å². The molecule has 2 rings (SSSR count). The SMILES string of the molecule is Cc1ccc(Cl)cc1C(CCCOC(N)=O)CCN(C)C(=O)NC[C@H](C[C@H]1CCCOC1)NO. The molecule has 3 atom stereocenters. The van der Waals surface area contributed by atoms with Crippen molar-refractivity contribution in [3.05, 3.63) is 34.3 Å². The average Bonchev–Trinajstić information content (AvgIpc) is 2.83. The van der Waals surface area contributed by atoms with Gasteiger partial charge < -0.3 is 30.6 Å². The molecular formula is C24H39ClN4O5. The van der Waals surface area contributed by atoms with Crippen molar-refractivity contribution in [2.24, 2.45) is 11.7 Å². The Balaban J connectivity index is 1.87. The van der Waals surface area contributed by atoms with Crippen LogP contribution in [0.1, 0.15) is 55.6 Å². The summed E-state index contributed by atoms with van der Waals surface area (Å²) >= 11 is 6.24. The summed E-state index contributed by atoms with van der Waals surface area (Å²) in [5, 5.41) is 13.1. The number of carbonyl (C=O) groups excluding carboxylic acids is 2. The number of hydrogen-bond acceptors (Lipinski definition) is 6. The van der Waals surface area contributed by atoms with Crippen LogP contribution in [-0.2, 0) is 9.47 Å². The third kappa shape index (κ3) is 10.0. The Hall–Kier alpha value is -2.07. The first-order valence-corrected chi connectivity index (χ1v) is 12.3. The van der Waals surface area contributed by atoms with E-state index >= 15 is 0 Å². The molecule has 0 saturated carbocycles. The molecule has 1 aliphatic heterocycles. The van der Waals surface area contributed by atoms with Gasteiger partial charge in [0.2, 0.25) is 0 Å². The first-order chi connectivity index (χ1) is 16.3. The fourth-order valence-corrected chi connectivity index (χ4v) is 4.56. The zero-order chi connectivity index (χ0) is 24.9. The lowest BCUT2D eigenvalue weighted by Gasteiger charge is -2.27. The molecule has 1 heterocycles. The molecule has 1 unspecified atom stereocenters. The van der Waals surface area contributed by atoms with Crippen molar-refractivity contribution in [3.8, 4) is 0 Å². The molecule has 1 aromatic carbocycles. The Morgan fingerprint density at radius 3 is 2.85 bits per heavy atom. The van der Waals surface area contributed by atoms with Crippen molar-refractivity contribution < 1.29 is 24.3 Å². The average molecular weight is 499 g/mol. The summed E-state index contributed by atoms with van der Waals surface area (Å²) in [7, 11) is 1.75. The second kappa shape index (κ2) is 15.0. The van der Waals surface area contributed by atoms with Crippen molar-refractivity contribution in [2.75, 3.05) is 40.0 Å². The zero-order valence-electron chi connectivity index (χ0n) is 20.2. The minimum absolute atomic E-state index is 0.142. The van der Waals surface area contributed by atoms with Gasteiger partial charge in [0.25, 0.3) is 0 Å². The standard InChI is InChI=1S/C24H39ClN4O5/c1-17-7-8-20(25)14-22(17)19(6-4-12-34-23(26)30)9-10-29(2)24(31)27-15-21(28-32)13-18-5-3-11-33-16-18/h7-8,14,18-19,21,28,32H,3-6,9-13,15-16H2,1-2H3,(H2,26,30)(H,27,31)/t18-,19?,21+/m1/s1. The van der Waals surface area contributed by atoms with E-state index < -0.39 is 6.09 Å². The maximum absolute atomic E-state index is 12.6. The molecule has 3 amide bonds. The number of nitrogens with zero attached hydrogens (tertiary/aromatic N) is 1. The molecule has 10 heteroatoms. The highest BCUT2D eigenvalue weighted by Crippen LogP contribution is 2.30. The predicted molar refractivity (Wildman–Crippen MR) is 131 cm³/mol. The number of primary amides is 1. The van der Waals surface area contributed by atoms with Crippen LogP contribution in [0.15, 0.2) is 18.2 Å². The molecule has 1 aliphatic rings. The van der Waals surface area contributed by atoms with Crippen LogP contribution in [0, 0.1) is 12.8 Å². The van der Waals surface area contributed by atoms with Crippen LogP contribution in [0.2, 0.25) is 5.02 Å². The van der Waals surface area contributed by atoms with E-state index in [2.05, 4.69) is 10.8 Å². The summed E-state index contributed by atoms with van der Waals surface area (Å²) in [5.41, 5.74) is 9.62. The molecule has 5 N–H and O–H groups in total. The molecule has 1 aromatic rings. The lowest BCUT2D eigenvalue weighted by atomic mass is 9.88. The Bertz CT molecular complexity index is 776. The molecule has 192 valence electrons. The normalized spacial score (nSPS) is 17.6. The lowest BCUT2D eigenvalue weighted by molar-refractivity contribution is 0.0352. The van der Waals surface area contributed by atoms with Crippen LogP contribution in [0.5, 0.6) is 0 Å². The summed E-state index contributed by atoms with van der Waals surface area (Å²) < 4.78 is 10.4. The van der Waals surface area contributed by atoms with Gasteiger partial charge in [0.15, 0.2) is 0 Å². The number of carbonyl (C=O) groups is 2. The largest absolute Gasteiger partial charge is 0.450 e. The minimum Gasteiger partial charge on any atom is -0.450 e. The van der Waals surface area contributed by atoms with Gasteiger partial charge in [-0.25, -0.2) is 15.1 Å². The summed E-state index contributed by atoms with van der Waals surface area (Å²) in [4.78, 5) is 25.1. The van der Waals surface area contributed by atoms with E-state index in [0.29, 0.717) is 37.1 Å². The summed E-state index contributed by atoms with van der Waals surface area (Å²) in [6.45, 7) is 4.64.